The molecule has 21 heavy (non-hydrogen) atoms. The lowest BCUT2D eigenvalue weighted by Gasteiger charge is -2.21. The first-order valence-corrected chi connectivity index (χ1v) is 8.72. The maximum absolute atomic E-state index is 12.1. The SMILES string of the molecule is O=C(CC1CCCCC1)NCc1cc(Br)cc2c1OCC2. The van der Waals surface area contributed by atoms with Crippen molar-refractivity contribution in [2.45, 2.75) is 51.5 Å². The van der Waals surface area contributed by atoms with E-state index in [9.17, 15) is 4.79 Å². The minimum Gasteiger partial charge on any atom is -0.493 e. The Morgan fingerprint density at radius 1 is 1.29 bits per heavy atom. The van der Waals surface area contributed by atoms with E-state index in [0.29, 0.717) is 18.9 Å². The zero-order valence-corrected chi connectivity index (χ0v) is 13.9. The molecule has 1 aliphatic heterocycles. The van der Waals surface area contributed by atoms with Crippen LogP contribution < -0.4 is 10.1 Å². The Morgan fingerprint density at radius 2 is 2.10 bits per heavy atom. The number of benzene rings is 1. The van der Waals surface area contributed by atoms with Gasteiger partial charge in [0.2, 0.25) is 5.91 Å². The highest BCUT2D eigenvalue weighted by molar-refractivity contribution is 9.10. The van der Waals surface area contributed by atoms with Crippen molar-refractivity contribution in [1.29, 1.82) is 0 Å². The number of halogens is 1. The molecule has 114 valence electrons. The van der Waals surface area contributed by atoms with Crippen LogP contribution >= 0.6 is 15.9 Å². The predicted octanol–water partition coefficient (Wildman–Crippen LogP) is 3.97. The molecule has 0 bridgehead atoms. The van der Waals surface area contributed by atoms with Crippen molar-refractivity contribution in [3.8, 4) is 5.75 Å². The fourth-order valence-corrected chi connectivity index (χ4v) is 3.95. The lowest BCUT2D eigenvalue weighted by Crippen LogP contribution is -2.26. The minimum atomic E-state index is 0.175. The molecule has 4 heteroatoms. The van der Waals surface area contributed by atoms with Gasteiger partial charge >= 0.3 is 0 Å². The lowest BCUT2D eigenvalue weighted by atomic mass is 9.87. The van der Waals surface area contributed by atoms with E-state index in [2.05, 4.69) is 27.3 Å². The number of carbonyl (C=O) groups is 1. The van der Waals surface area contributed by atoms with Crippen LogP contribution in [0.25, 0.3) is 0 Å². The second-order valence-electron chi connectivity index (χ2n) is 6.14. The van der Waals surface area contributed by atoms with Crippen LogP contribution in [0.2, 0.25) is 0 Å². The number of fused-ring (bicyclic) bond motifs is 1. The van der Waals surface area contributed by atoms with Gasteiger partial charge in [-0.15, -0.1) is 0 Å². The summed E-state index contributed by atoms with van der Waals surface area (Å²) < 4.78 is 6.75. The highest BCUT2D eigenvalue weighted by Crippen LogP contribution is 2.33. The van der Waals surface area contributed by atoms with E-state index in [1.165, 1.54) is 37.7 Å². The molecule has 1 amide bonds. The molecule has 1 N–H and O–H groups in total. The number of hydrogen-bond donors (Lipinski definition) is 1. The predicted molar refractivity (Wildman–Crippen MR) is 86.4 cm³/mol. The molecule has 1 heterocycles. The lowest BCUT2D eigenvalue weighted by molar-refractivity contribution is -0.122. The molecule has 0 unspecified atom stereocenters. The molecule has 0 spiro atoms. The monoisotopic (exact) mass is 351 g/mol. The molecular formula is C17H22BrNO2. The van der Waals surface area contributed by atoms with E-state index in [1.807, 2.05) is 6.07 Å². The Kier molecular flexibility index (Phi) is 4.84. The second kappa shape index (κ2) is 6.82. The molecule has 1 saturated carbocycles. The Bertz CT molecular complexity index is 524. The summed E-state index contributed by atoms with van der Waals surface area (Å²) >= 11 is 3.53. The van der Waals surface area contributed by atoms with Crippen LogP contribution in [0.1, 0.15) is 49.7 Å². The van der Waals surface area contributed by atoms with Crippen LogP contribution in [0, 0.1) is 5.92 Å². The van der Waals surface area contributed by atoms with Crippen LogP contribution in [-0.2, 0) is 17.8 Å². The van der Waals surface area contributed by atoms with Gasteiger partial charge in [-0.2, -0.15) is 0 Å². The molecule has 0 aromatic heterocycles. The Balaban J connectivity index is 1.56. The summed E-state index contributed by atoms with van der Waals surface area (Å²) in [5, 5.41) is 3.06. The molecule has 0 radical (unpaired) electrons. The van der Waals surface area contributed by atoms with Gasteiger partial charge in [0, 0.05) is 29.4 Å². The van der Waals surface area contributed by atoms with Crippen LogP contribution in [0.15, 0.2) is 16.6 Å². The molecule has 0 saturated heterocycles. The van der Waals surface area contributed by atoms with Crippen molar-refractivity contribution >= 4 is 21.8 Å². The molecule has 1 aliphatic carbocycles. The maximum atomic E-state index is 12.1. The van der Waals surface area contributed by atoms with Gasteiger partial charge in [0.25, 0.3) is 0 Å². The quantitative estimate of drug-likeness (QED) is 0.891. The van der Waals surface area contributed by atoms with Crippen molar-refractivity contribution < 1.29 is 9.53 Å². The highest BCUT2D eigenvalue weighted by Gasteiger charge is 2.19. The maximum Gasteiger partial charge on any atom is 0.220 e. The summed E-state index contributed by atoms with van der Waals surface area (Å²) in [7, 11) is 0. The number of carbonyl (C=O) groups excluding carboxylic acids is 1. The molecule has 2 aliphatic rings. The van der Waals surface area contributed by atoms with E-state index in [1.54, 1.807) is 0 Å². The molecule has 1 aromatic carbocycles. The van der Waals surface area contributed by atoms with Crippen LogP contribution in [0.4, 0.5) is 0 Å². The largest absolute Gasteiger partial charge is 0.493 e. The van der Waals surface area contributed by atoms with Crippen molar-refractivity contribution in [2.24, 2.45) is 5.92 Å². The van der Waals surface area contributed by atoms with Crippen LogP contribution in [0.3, 0.4) is 0 Å². The molecule has 0 atom stereocenters. The topological polar surface area (TPSA) is 38.3 Å². The fraction of sp³-hybridized carbons (Fsp3) is 0.588. The Morgan fingerprint density at radius 3 is 2.90 bits per heavy atom. The summed E-state index contributed by atoms with van der Waals surface area (Å²) in [5.74, 6) is 1.73. The fourth-order valence-electron chi connectivity index (χ4n) is 3.40. The van der Waals surface area contributed by atoms with E-state index in [4.69, 9.17) is 4.74 Å². The van der Waals surface area contributed by atoms with E-state index >= 15 is 0 Å². The van der Waals surface area contributed by atoms with Gasteiger partial charge in [-0.25, -0.2) is 0 Å². The normalized spacial score (nSPS) is 18.1. The summed E-state index contributed by atoms with van der Waals surface area (Å²) in [6, 6.07) is 4.15. The van der Waals surface area contributed by atoms with Crippen LogP contribution in [0.5, 0.6) is 5.75 Å². The first kappa shape index (κ1) is 14.9. The van der Waals surface area contributed by atoms with Gasteiger partial charge in [-0.1, -0.05) is 35.2 Å². The summed E-state index contributed by atoms with van der Waals surface area (Å²) in [5.41, 5.74) is 2.31. The van der Waals surface area contributed by atoms with E-state index in [-0.39, 0.29) is 5.91 Å². The third-order valence-corrected chi connectivity index (χ3v) is 4.96. The minimum absolute atomic E-state index is 0.175. The average Bonchev–Trinajstić information content (AvgIpc) is 2.94. The Labute approximate surface area is 134 Å². The van der Waals surface area contributed by atoms with Gasteiger partial charge in [-0.05, 0) is 36.5 Å². The van der Waals surface area contributed by atoms with Gasteiger partial charge in [-0.3, -0.25) is 4.79 Å². The zero-order chi connectivity index (χ0) is 14.7. The van der Waals surface area contributed by atoms with Gasteiger partial charge < -0.3 is 10.1 Å². The smallest absolute Gasteiger partial charge is 0.220 e. The number of rotatable bonds is 4. The number of ether oxygens (including phenoxy) is 1. The number of nitrogens with one attached hydrogen (secondary N) is 1. The Hall–Kier alpha value is -1.03. The third-order valence-electron chi connectivity index (χ3n) is 4.50. The van der Waals surface area contributed by atoms with E-state index in [0.717, 1.165) is 28.8 Å². The highest BCUT2D eigenvalue weighted by atomic mass is 79.9. The van der Waals surface area contributed by atoms with Crippen molar-refractivity contribution in [3.05, 3.63) is 27.7 Å². The summed E-state index contributed by atoms with van der Waals surface area (Å²) in [6.07, 6.45) is 7.95. The zero-order valence-electron chi connectivity index (χ0n) is 12.3. The number of amides is 1. The van der Waals surface area contributed by atoms with Gasteiger partial charge in [0.05, 0.1) is 6.61 Å². The standard InChI is InChI=1S/C17H22BrNO2/c18-15-9-13-6-7-21-17(13)14(10-15)11-19-16(20)8-12-4-2-1-3-5-12/h9-10,12H,1-8,11H2,(H,19,20). The summed E-state index contributed by atoms with van der Waals surface area (Å²) in [6.45, 7) is 1.31. The van der Waals surface area contributed by atoms with E-state index < -0.39 is 0 Å². The molecule has 3 nitrogen and oxygen atoms in total. The molecule has 3 rings (SSSR count). The first-order chi connectivity index (χ1) is 10.2. The number of hydrogen-bond acceptors (Lipinski definition) is 2. The van der Waals surface area contributed by atoms with Gasteiger partial charge in [0.1, 0.15) is 5.75 Å². The van der Waals surface area contributed by atoms with Crippen molar-refractivity contribution in [1.82, 2.24) is 5.32 Å². The van der Waals surface area contributed by atoms with Gasteiger partial charge in [0.15, 0.2) is 0 Å². The molecular weight excluding hydrogens is 330 g/mol. The van der Waals surface area contributed by atoms with Crippen LogP contribution in [-0.4, -0.2) is 12.5 Å². The second-order valence-corrected chi connectivity index (χ2v) is 7.05. The average molecular weight is 352 g/mol. The summed E-state index contributed by atoms with van der Waals surface area (Å²) in [4.78, 5) is 12.1. The molecule has 1 aromatic rings. The third kappa shape index (κ3) is 3.79. The molecule has 1 fully saturated rings. The van der Waals surface area contributed by atoms with Crippen molar-refractivity contribution in [3.63, 3.8) is 0 Å². The van der Waals surface area contributed by atoms with Crippen molar-refractivity contribution in [2.75, 3.05) is 6.61 Å². The first-order valence-electron chi connectivity index (χ1n) is 7.93.